The maximum Gasteiger partial charge on any atom is 0.248 e. The Bertz CT molecular complexity index is 692. The molecule has 0 atom stereocenters. The standard InChI is InChI=1S/C18H19NO3/c1-13-6-4-5-7-14(13)8-11-18(20)19-16-12-15(21-2)9-10-17(16)22-3/h4-12H,1-3H3,(H,19,20). The van der Waals surface area contributed by atoms with Crippen molar-refractivity contribution in [3.8, 4) is 11.5 Å². The summed E-state index contributed by atoms with van der Waals surface area (Å²) in [4.78, 5) is 12.1. The summed E-state index contributed by atoms with van der Waals surface area (Å²) in [6.07, 6.45) is 3.29. The average molecular weight is 297 g/mol. The van der Waals surface area contributed by atoms with Gasteiger partial charge in [0.15, 0.2) is 0 Å². The predicted octanol–water partition coefficient (Wildman–Crippen LogP) is 3.66. The normalized spacial score (nSPS) is 10.5. The van der Waals surface area contributed by atoms with Gasteiger partial charge in [-0.2, -0.15) is 0 Å². The molecule has 0 aliphatic heterocycles. The van der Waals surface area contributed by atoms with E-state index in [0.29, 0.717) is 17.2 Å². The Hall–Kier alpha value is -2.75. The number of amides is 1. The van der Waals surface area contributed by atoms with Gasteiger partial charge in [-0.3, -0.25) is 4.79 Å². The number of aryl methyl sites for hydroxylation is 1. The molecule has 2 aromatic carbocycles. The van der Waals surface area contributed by atoms with Gasteiger partial charge in [-0.05, 0) is 36.3 Å². The first-order chi connectivity index (χ1) is 10.6. The monoisotopic (exact) mass is 297 g/mol. The van der Waals surface area contributed by atoms with Crippen LogP contribution in [0.1, 0.15) is 11.1 Å². The Kier molecular flexibility index (Phi) is 5.20. The fourth-order valence-electron chi connectivity index (χ4n) is 2.03. The van der Waals surface area contributed by atoms with Crippen LogP contribution in [0.15, 0.2) is 48.5 Å². The van der Waals surface area contributed by atoms with Crippen LogP contribution >= 0.6 is 0 Å². The number of benzene rings is 2. The van der Waals surface area contributed by atoms with E-state index in [-0.39, 0.29) is 5.91 Å². The zero-order valence-corrected chi connectivity index (χ0v) is 12.9. The van der Waals surface area contributed by atoms with Crippen LogP contribution < -0.4 is 14.8 Å². The summed E-state index contributed by atoms with van der Waals surface area (Å²) in [7, 11) is 3.13. The summed E-state index contributed by atoms with van der Waals surface area (Å²) >= 11 is 0. The molecular formula is C18H19NO3. The Morgan fingerprint density at radius 2 is 1.86 bits per heavy atom. The van der Waals surface area contributed by atoms with Crippen molar-refractivity contribution in [1.82, 2.24) is 0 Å². The second-order valence-electron chi connectivity index (χ2n) is 4.75. The third-order valence-electron chi connectivity index (χ3n) is 3.27. The average Bonchev–Trinajstić information content (AvgIpc) is 2.54. The zero-order chi connectivity index (χ0) is 15.9. The van der Waals surface area contributed by atoms with Gasteiger partial charge in [-0.25, -0.2) is 0 Å². The van der Waals surface area contributed by atoms with E-state index >= 15 is 0 Å². The number of hydrogen-bond acceptors (Lipinski definition) is 3. The van der Waals surface area contributed by atoms with Crippen molar-refractivity contribution in [3.63, 3.8) is 0 Å². The number of carbonyl (C=O) groups excluding carboxylic acids is 1. The summed E-state index contributed by atoms with van der Waals surface area (Å²) in [6, 6.07) is 13.1. The quantitative estimate of drug-likeness (QED) is 0.857. The van der Waals surface area contributed by atoms with Gasteiger partial charge in [0.05, 0.1) is 19.9 Å². The largest absolute Gasteiger partial charge is 0.497 e. The van der Waals surface area contributed by atoms with Gasteiger partial charge in [0.2, 0.25) is 5.91 Å². The highest BCUT2D eigenvalue weighted by molar-refractivity contribution is 6.03. The highest BCUT2D eigenvalue weighted by Gasteiger charge is 2.07. The van der Waals surface area contributed by atoms with Crippen molar-refractivity contribution < 1.29 is 14.3 Å². The van der Waals surface area contributed by atoms with Crippen LogP contribution in [0.25, 0.3) is 6.08 Å². The molecule has 0 aliphatic rings. The first kappa shape index (κ1) is 15.6. The Balaban J connectivity index is 2.14. The van der Waals surface area contributed by atoms with E-state index in [9.17, 15) is 4.79 Å². The fourth-order valence-corrected chi connectivity index (χ4v) is 2.03. The first-order valence-electron chi connectivity index (χ1n) is 6.90. The Labute approximate surface area is 130 Å². The second-order valence-corrected chi connectivity index (χ2v) is 4.75. The molecule has 0 unspecified atom stereocenters. The SMILES string of the molecule is COc1ccc(OC)c(NC(=O)C=Cc2ccccc2C)c1. The van der Waals surface area contributed by atoms with Crippen molar-refractivity contribution in [2.24, 2.45) is 0 Å². The molecule has 0 aromatic heterocycles. The van der Waals surface area contributed by atoms with Gasteiger partial charge in [0.25, 0.3) is 0 Å². The summed E-state index contributed by atoms with van der Waals surface area (Å²) < 4.78 is 10.4. The van der Waals surface area contributed by atoms with E-state index in [1.54, 1.807) is 38.5 Å². The van der Waals surface area contributed by atoms with Gasteiger partial charge >= 0.3 is 0 Å². The second kappa shape index (κ2) is 7.31. The third-order valence-corrected chi connectivity index (χ3v) is 3.27. The zero-order valence-electron chi connectivity index (χ0n) is 12.9. The minimum atomic E-state index is -0.227. The van der Waals surface area contributed by atoms with Gasteiger partial charge in [-0.15, -0.1) is 0 Å². The minimum absolute atomic E-state index is 0.227. The Morgan fingerprint density at radius 1 is 1.09 bits per heavy atom. The summed E-state index contributed by atoms with van der Waals surface area (Å²) in [5.41, 5.74) is 2.70. The van der Waals surface area contributed by atoms with Crippen molar-refractivity contribution in [2.45, 2.75) is 6.92 Å². The van der Waals surface area contributed by atoms with Gasteiger partial charge in [0, 0.05) is 12.1 Å². The van der Waals surface area contributed by atoms with Crippen LogP contribution in [-0.4, -0.2) is 20.1 Å². The third kappa shape index (κ3) is 3.88. The predicted molar refractivity (Wildman–Crippen MR) is 88.4 cm³/mol. The molecule has 0 spiro atoms. The van der Waals surface area contributed by atoms with Gasteiger partial charge in [0.1, 0.15) is 11.5 Å². The summed E-state index contributed by atoms with van der Waals surface area (Å²) in [5, 5.41) is 2.80. The number of hydrogen-bond donors (Lipinski definition) is 1. The molecule has 0 radical (unpaired) electrons. The molecule has 0 heterocycles. The number of carbonyl (C=O) groups is 1. The van der Waals surface area contributed by atoms with Crippen LogP contribution in [0.4, 0.5) is 5.69 Å². The first-order valence-corrected chi connectivity index (χ1v) is 6.90. The molecule has 0 saturated heterocycles. The summed E-state index contributed by atoms with van der Waals surface area (Å²) in [6.45, 7) is 2.00. The van der Waals surface area contributed by atoms with E-state index in [1.165, 1.54) is 6.08 Å². The molecule has 4 heteroatoms. The fraction of sp³-hybridized carbons (Fsp3) is 0.167. The van der Waals surface area contributed by atoms with Crippen LogP contribution in [0.2, 0.25) is 0 Å². The summed E-state index contributed by atoms with van der Waals surface area (Å²) in [5.74, 6) is 1.01. The lowest BCUT2D eigenvalue weighted by molar-refractivity contribution is -0.111. The Morgan fingerprint density at radius 3 is 2.55 bits per heavy atom. The van der Waals surface area contributed by atoms with Crippen LogP contribution in [0, 0.1) is 6.92 Å². The number of anilines is 1. The topological polar surface area (TPSA) is 47.6 Å². The number of methoxy groups -OCH3 is 2. The van der Waals surface area contributed by atoms with E-state index in [4.69, 9.17) is 9.47 Å². The van der Waals surface area contributed by atoms with Crippen LogP contribution in [0.5, 0.6) is 11.5 Å². The van der Waals surface area contributed by atoms with E-state index in [2.05, 4.69) is 5.32 Å². The van der Waals surface area contributed by atoms with Gasteiger partial charge in [-0.1, -0.05) is 24.3 Å². The smallest absolute Gasteiger partial charge is 0.248 e. The molecule has 1 amide bonds. The highest BCUT2D eigenvalue weighted by atomic mass is 16.5. The lowest BCUT2D eigenvalue weighted by Gasteiger charge is -2.10. The van der Waals surface area contributed by atoms with Crippen molar-refractivity contribution >= 4 is 17.7 Å². The molecule has 2 aromatic rings. The molecule has 1 N–H and O–H groups in total. The molecule has 0 fully saturated rings. The van der Waals surface area contributed by atoms with Crippen molar-refractivity contribution in [1.29, 1.82) is 0 Å². The number of rotatable bonds is 5. The molecule has 0 saturated carbocycles. The molecule has 114 valence electrons. The lowest BCUT2D eigenvalue weighted by atomic mass is 10.1. The minimum Gasteiger partial charge on any atom is -0.497 e. The molecular weight excluding hydrogens is 278 g/mol. The van der Waals surface area contributed by atoms with Gasteiger partial charge < -0.3 is 14.8 Å². The van der Waals surface area contributed by atoms with Crippen LogP contribution in [-0.2, 0) is 4.79 Å². The van der Waals surface area contributed by atoms with Crippen molar-refractivity contribution in [2.75, 3.05) is 19.5 Å². The number of nitrogens with one attached hydrogen (secondary N) is 1. The van der Waals surface area contributed by atoms with E-state index < -0.39 is 0 Å². The maximum absolute atomic E-state index is 12.1. The maximum atomic E-state index is 12.1. The molecule has 0 bridgehead atoms. The number of ether oxygens (including phenoxy) is 2. The molecule has 2 rings (SSSR count). The molecule has 4 nitrogen and oxygen atoms in total. The van der Waals surface area contributed by atoms with E-state index in [0.717, 1.165) is 11.1 Å². The molecule has 22 heavy (non-hydrogen) atoms. The molecule has 0 aliphatic carbocycles. The highest BCUT2D eigenvalue weighted by Crippen LogP contribution is 2.28. The van der Waals surface area contributed by atoms with Crippen molar-refractivity contribution in [3.05, 3.63) is 59.7 Å². The van der Waals surface area contributed by atoms with E-state index in [1.807, 2.05) is 31.2 Å². The van der Waals surface area contributed by atoms with Crippen LogP contribution in [0.3, 0.4) is 0 Å². The lowest BCUT2D eigenvalue weighted by Crippen LogP contribution is -2.09.